The van der Waals surface area contributed by atoms with Crippen molar-refractivity contribution >= 4 is 27.6 Å². The van der Waals surface area contributed by atoms with Gasteiger partial charge in [0.1, 0.15) is 4.21 Å². The largest absolute Gasteiger partial charge is 0.297 e. The molecule has 0 N–H and O–H groups in total. The maximum absolute atomic E-state index is 11.9. The molecule has 0 aromatic carbocycles. The molecule has 0 aliphatic carbocycles. The number of hydrogen-bond acceptors (Lipinski definition) is 4. The Morgan fingerprint density at radius 1 is 1.40 bits per heavy atom. The van der Waals surface area contributed by atoms with Crippen LogP contribution in [0.3, 0.4) is 0 Å². The van der Waals surface area contributed by atoms with Gasteiger partial charge in [0.2, 0.25) is 0 Å². The molecule has 4 nitrogen and oxygen atoms in total. The average Bonchev–Trinajstić information content (AvgIpc) is 2.65. The lowest BCUT2D eigenvalue weighted by atomic mass is 10.4. The van der Waals surface area contributed by atoms with Crippen LogP contribution < -0.4 is 0 Å². The molecule has 0 amide bonds. The zero-order valence-electron chi connectivity index (χ0n) is 8.80. The molecule has 0 aliphatic rings. The lowest BCUT2D eigenvalue weighted by Crippen LogP contribution is -2.32. The van der Waals surface area contributed by atoms with Crippen molar-refractivity contribution in [1.82, 2.24) is 4.31 Å². The van der Waals surface area contributed by atoms with Crippen molar-refractivity contribution in [3.05, 3.63) is 17.0 Å². The second kappa shape index (κ2) is 4.42. The van der Waals surface area contributed by atoms with Gasteiger partial charge in [0.25, 0.3) is 10.0 Å². The van der Waals surface area contributed by atoms with Crippen LogP contribution in [0.25, 0.3) is 0 Å². The van der Waals surface area contributed by atoms with E-state index in [0.29, 0.717) is 11.2 Å². The fraction of sp³-hybridized carbons (Fsp3) is 0.444. The standard InChI is InChI=1S/C9H13NO3S2/c1-7(2)10(3)15(12,13)9-5-4-8(6-11)14-9/h4-7H,1-3H3. The van der Waals surface area contributed by atoms with E-state index < -0.39 is 10.0 Å². The van der Waals surface area contributed by atoms with Crippen LogP contribution in [0.15, 0.2) is 16.3 Å². The number of rotatable bonds is 4. The summed E-state index contributed by atoms with van der Waals surface area (Å²) in [6.07, 6.45) is 0.652. The van der Waals surface area contributed by atoms with E-state index in [9.17, 15) is 13.2 Å². The summed E-state index contributed by atoms with van der Waals surface area (Å²) >= 11 is 0.988. The lowest BCUT2D eigenvalue weighted by molar-refractivity contribution is 0.112. The zero-order chi connectivity index (χ0) is 11.6. The van der Waals surface area contributed by atoms with Crippen LogP contribution in [-0.4, -0.2) is 32.1 Å². The Hall–Kier alpha value is -0.720. The molecule has 15 heavy (non-hydrogen) atoms. The molecular weight excluding hydrogens is 234 g/mol. The molecule has 0 spiro atoms. The van der Waals surface area contributed by atoms with Crippen LogP contribution in [0.1, 0.15) is 23.5 Å². The van der Waals surface area contributed by atoms with Crippen LogP contribution in [0, 0.1) is 0 Å². The summed E-state index contributed by atoms with van der Waals surface area (Å²) in [4.78, 5) is 10.9. The number of thiophene rings is 1. The van der Waals surface area contributed by atoms with E-state index in [1.807, 2.05) is 0 Å². The molecule has 0 unspecified atom stereocenters. The molecule has 1 rings (SSSR count). The molecule has 1 aromatic heterocycles. The number of aldehydes is 1. The van der Waals surface area contributed by atoms with Gasteiger partial charge in [0.05, 0.1) is 4.88 Å². The monoisotopic (exact) mass is 247 g/mol. The van der Waals surface area contributed by atoms with Gasteiger partial charge in [-0.05, 0) is 26.0 Å². The van der Waals surface area contributed by atoms with Crippen molar-refractivity contribution in [2.24, 2.45) is 0 Å². The molecule has 0 fully saturated rings. The molecule has 0 saturated carbocycles. The number of hydrogen-bond donors (Lipinski definition) is 0. The van der Waals surface area contributed by atoms with E-state index in [4.69, 9.17) is 0 Å². The first-order chi connectivity index (χ1) is 6.89. The highest BCUT2D eigenvalue weighted by Gasteiger charge is 2.24. The summed E-state index contributed by atoms with van der Waals surface area (Å²) < 4.78 is 25.3. The first-order valence-electron chi connectivity index (χ1n) is 4.42. The summed E-state index contributed by atoms with van der Waals surface area (Å²) in [6, 6.07) is 2.87. The maximum Gasteiger partial charge on any atom is 0.252 e. The lowest BCUT2D eigenvalue weighted by Gasteiger charge is -2.19. The molecule has 1 aromatic rings. The highest BCUT2D eigenvalue weighted by atomic mass is 32.2. The van der Waals surface area contributed by atoms with Gasteiger partial charge in [0, 0.05) is 13.1 Å². The van der Waals surface area contributed by atoms with Crippen LogP contribution in [-0.2, 0) is 10.0 Å². The van der Waals surface area contributed by atoms with Crippen molar-refractivity contribution in [3.63, 3.8) is 0 Å². The van der Waals surface area contributed by atoms with Crippen LogP contribution in [0.5, 0.6) is 0 Å². The summed E-state index contributed by atoms with van der Waals surface area (Å²) in [5.74, 6) is 0. The molecule has 0 saturated heterocycles. The fourth-order valence-electron chi connectivity index (χ4n) is 0.956. The van der Waals surface area contributed by atoms with Crippen molar-refractivity contribution in [1.29, 1.82) is 0 Å². The Kier molecular flexibility index (Phi) is 3.64. The van der Waals surface area contributed by atoms with Gasteiger partial charge in [-0.15, -0.1) is 11.3 Å². The number of carbonyl (C=O) groups is 1. The van der Waals surface area contributed by atoms with Crippen molar-refractivity contribution in [2.45, 2.75) is 24.1 Å². The van der Waals surface area contributed by atoms with Gasteiger partial charge in [-0.1, -0.05) is 0 Å². The summed E-state index contributed by atoms with van der Waals surface area (Å²) in [7, 11) is -1.91. The molecule has 0 atom stereocenters. The predicted molar refractivity (Wildman–Crippen MR) is 59.8 cm³/mol. The van der Waals surface area contributed by atoms with E-state index >= 15 is 0 Å². The van der Waals surface area contributed by atoms with E-state index in [2.05, 4.69) is 0 Å². The third-order valence-electron chi connectivity index (χ3n) is 2.08. The third kappa shape index (κ3) is 2.45. The highest BCUT2D eigenvalue weighted by molar-refractivity contribution is 7.91. The molecule has 84 valence electrons. The molecule has 0 bridgehead atoms. The molecule has 1 heterocycles. The van der Waals surface area contributed by atoms with Gasteiger partial charge < -0.3 is 0 Å². The maximum atomic E-state index is 11.9. The highest BCUT2D eigenvalue weighted by Crippen LogP contribution is 2.24. The minimum Gasteiger partial charge on any atom is -0.297 e. The minimum atomic E-state index is -3.43. The van der Waals surface area contributed by atoms with Gasteiger partial charge in [-0.3, -0.25) is 4.79 Å². The van der Waals surface area contributed by atoms with Crippen molar-refractivity contribution < 1.29 is 13.2 Å². The Bertz CT molecular complexity index is 448. The number of sulfonamides is 1. The molecule has 0 radical (unpaired) electrons. The first-order valence-corrected chi connectivity index (χ1v) is 6.68. The summed E-state index contributed by atoms with van der Waals surface area (Å²) in [5, 5.41) is 0. The van der Waals surface area contributed by atoms with Crippen molar-refractivity contribution in [2.75, 3.05) is 7.05 Å². The van der Waals surface area contributed by atoms with Crippen LogP contribution >= 0.6 is 11.3 Å². The summed E-state index contributed by atoms with van der Waals surface area (Å²) in [6.45, 7) is 3.59. The van der Waals surface area contributed by atoms with E-state index in [1.54, 1.807) is 13.8 Å². The first kappa shape index (κ1) is 12.4. The van der Waals surface area contributed by atoms with Gasteiger partial charge >= 0.3 is 0 Å². The average molecular weight is 247 g/mol. The number of carbonyl (C=O) groups excluding carboxylic acids is 1. The second-order valence-electron chi connectivity index (χ2n) is 3.39. The molecule has 6 heteroatoms. The normalized spacial score (nSPS) is 12.3. The van der Waals surface area contributed by atoms with Gasteiger partial charge in [0.15, 0.2) is 6.29 Å². The smallest absolute Gasteiger partial charge is 0.252 e. The zero-order valence-corrected chi connectivity index (χ0v) is 10.4. The SMILES string of the molecule is CC(C)N(C)S(=O)(=O)c1ccc(C=O)s1. The van der Waals surface area contributed by atoms with E-state index in [0.717, 1.165) is 11.3 Å². The predicted octanol–water partition coefficient (Wildman–Crippen LogP) is 1.59. The fourth-order valence-corrected chi connectivity index (χ4v) is 3.65. The van der Waals surface area contributed by atoms with Crippen molar-refractivity contribution in [3.8, 4) is 0 Å². The minimum absolute atomic E-state index is 0.100. The third-order valence-corrected chi connectivity index (χ3v) is 5.59. The Labute approximate surface area is 93.6 Å². The van der Waals surface area contributed by atoms with Gasteiger partial charge in [-0.2, -0.15) is 4.31 Å². The Morgan fingerprint density at radius 2 is 2.00 bits per heavy atom. The van der Waals surface area contributed by atoms with Gasteiger partial charge in [-0.25, -0.2) is 8.42 Å². The Morgan fingerprint density at radius 3 is 2.40 bits per heavy atom. The van der Waals surface area contributed by atoms with Crippen LogP contribution in [0.4, 0.5) is 0 Å². The van der Waals surface area contributed by atoms with Crippen LogP contribution in [0.2, 0.25) is 0 Å². The topological polar surface area (TPSA) is 54.5 Å². The number of nitrogens with zero attached hydrogens (tertiary/aromatic N) is 1. The van der Waals surface area contributed by atoms with E-state index in [1.165, 1.54) is 23.5 Å². The quantitative estimate of drug-likeness (QED) is 0.759. The summed E-state index contributed by atoms with van der Waals surface area (Å²) in [5.41, 5.74) is 0. The van der Waals surface area contributed by atoms with E-state index in [-0.39, 0.29) is 10.3 Å². The Balaban J connectivity index is 3.11. The molecular formula is C9H13NO3S2. The molecule has 0 aliphatic heterocycles. The second-order valence-corrected chi connectivity index (χ2v) is 6.73.